The van der Waals surface area contributed by atoms with Gasteiger partial charge in [0.25, 0.3) is 0 Å². The van der Waals surface area contributed by atoms with E-state index in [1.54, 1.807) is 0 Å². The first-order chi connectivity index (χ1) is 12.3. The summed E-state index contributed by atoms with van der Waals surface area (Å²) in [5.74, 6) is 1.90. The van der Waals surface area contributed by atoms with E-state index in [1.807, 2.05) is 23.7 Å². The molecular weight excluding hydrogens is 324 g/mol. The third-order valence-corrected chi connectivity index (χ3v) is 6.69. The van der Waals surface area contributed by atoms with E-state index in [4.69, 9.17) is 0 Å². The Bertz CT molecular complexity index is 705. The summed E-state index contributed by atoms with van der Waals surface area (Å²) in [7, 11) is 3.92. The summed E-state index contributed by atoms with van der Waals surface area (Å²) in [6.07, 6.45) is 5.51. The molecule has 5 nitrogen and oxygen atoms in total. The second kappa shape index (κ2) is 7.55. The molecule has 1 aliphatic carbocycles. The van der Waals surface area contributed by atoms with E-state index in [0.717, 1.165) is 24.7 Å². The smallest absolute Gasteiger partial charge is 0.223 e. The quantitative estimate of drug-likeness (QED) is 0.823. The number of hydrogen-bond acceptors (Lipinski definition) is 3. The van der Waals surface area contributed by atoms with Crippen molar-refractivity contribution in [2.45, 2.75) is 53.0 Å². The third kappa shape index (κ3) is 3.46. The Hall–Kier alpha value is -1.62. The van der Waals surface area contributed by atoms with Crippen molar-refractivity contribution >= 4 is 5.91 Å². The zero-order valence-electron chi connectivity index (χ0n) is 17.2. The van der Waals surface area contributed by atoms with Crippen molar-refractivity contribution in [1.29, 1.82) is 0 Å². The monoisotopic (exact) mass is 358 g/mol. The number of hydrogen-bond donors (Lipinski definition) is 1. The maximum Gasteiger partial charge on any atom is 0.223 e. The van der Waals surface area contributed by atoms with E-state index >= 15 is 0 Å². The van der Waals surface area contributed by atoms with Crippen molar-refractivity contribution in [3.8, 4) is 0 Å². The molecule has 1 saturated heterocycles. The van der Waals surface area contributed by atoms with Gasteiger partial charge in [0.15, 0.2) is 0 Å². The number of likely N-dealkylation sites (tertiary alicyclic amines) is 1. The average Bonchev–Trinajstić information content (AvgIpc) is 2.99. The Morgan fingerprint density at radius 1 is 1.23 bits per heavy atom. The van der Waals surface area contributed by atoms with Gasteiger partial charge in [-0.05, 0) is 45.4 Å². The fourth-order valence-electron chi connectivity index (χ4n) is 4.94. The molecule has 0 unspecified atom stereocenters. The van der Waals surface area contributed by atoms with Crippen molar-refractivity contribution < 1.29 is 4.79 Å². The number of allylic oxidation sites excluding steroid dienone is 1. The van der Waals surface area contributed by atoms with Crippen LogP contribution in [0.1, 0.15) is 56.1 Å². The van der Waals surface area contributed by atoms with Crippen LogP contribution in [0.4, 0.5) is 0 Å². The lowest BCUT2D eigenvalue weighted by molar-refractivity contribution is -0.127. The van der Waals surface area contributed by atoms with Crippen LogP contribution in [0.3, 0.4) is 0 Å². The molecule has 2 heterocycles. The van der Waals surface area contributed by atoms with Crippen molar-refractivity contribution in [2.75, 3.05) is 20.1 Å². The van der Waals surface area contributed by atoms with Crippen molar-refractivity contribution in [3.63, 3.8) is 0 Å². The van der Waals surface area contributed by atoms with Gasteiger partial charge in [-0.2, -0.15) is 5.10 Å². The zero-order valence-corrected chi connectivity index (χ0v) is 17.2. The maximum atomic E-state index is 12.4. The molecule has 1 aromatic rings. The number of carbonyl (C=O) groups is 1. The predicted molar refractivity (Wildman–Crippen MR) is 105 cm³/mol. The van der Waals surface area contributed by atoms with E-state index in [2.05, 4.69) is 44.2 Å². The molecule has 144 valence electrons. The number of nitrogens with one attached hydrogen (secondary N) is 1. The fourth-order valence-corrected chi connectivity index (χ4v) is 4.94. The van der Waals surface area contributed by atoms with Crippen LogP contribution in [-0.2, 0) is 11.8 Å². The summed E-state index contributed by atoms with van der Waals surface area (Å²) in [4.78, 5) is 14.4. The van der Waals surface area contributed by atoms with E-state index in [1.165, 1.54) is 29.7 Å². The van der Waals surface area contributed by atoms with Gasteiger partial charge in [-0.15, -0.1) is 0 Å². The Morgan fingerprint density at radius 3 is 2.58 bits per heavy atom. The Balaban J connectivity index is 1.71. The highest BCUT2D eigenvalue weighted by Crippen LogP contribution is 2.39. The summed E-state index contributed by atoms with van der Waals surface area (Å²) in [5.41, 5.74) is 4.96. The number of aromatic nitrogens is 2. The van der Waals surface area contributed by atoms with E-state index in [0.29, 0.717) is 18.3 Å². The molecule has 1 N–H and O–H groups in total. The minimum Gasteiger partial charge on any atom is -0.338 e. The average molecular weight is 359 g/mol. The van der Waals surface area contributed by atoms with Gasteiger partial charge >= 0.3 is 0 Å². The molecule has 0 bridgehead atoms. The van der Waals surface area contributed by atoms with Crippen molar-refractivity contribution in [1.82, 2.24) is 20.0 Å². The highest BCUT2D eigenvalue weighted by Gasteiger charge is 2.40. The van der Waals surface area contributed by atoms with Crippen molar-refractivity contribution in [3.05, 3.63) is 28.6 Å². The molecule has 0 aromatic carbocycles. The lowest BCUT2D eigenvalue weighted by Crippen LogP contribution is -2.34. The van der Waals surface area contributed by atoms with E-state index in [9.17, 15) is 4.79 Å². The minimum atomic E-state index is 0.129. The molecule has 0 saturated carbocycles. The topological polar surface area (TPSA) is 50.2 Å². The fraction of sp³-hybridized carbons (Fsp3) is 0.714. The molecule has 4 atom stereocenters. The van der Waals surface area contributed by atoms with E-state index < -0.39 is 0 Å². The number of carbonyl (C=O) groups excluding carboxylic acids is 1. The van der Waals surface area contributed by atoms with Crippen LogP contribution in [0.25, 0.3) is 0 Å². The van der Waals surface area contributed by atoms with Gasteiger partial charge in [0.05, 0.1) is 11.7 Å². The predicted octanol–water partition coefficient (Wildman–Crippen LogP) is 3.14. The number of aryl methyl sites for hydroxylation is 2. The normalized spacial score (nSPS) is 29.4. The maximum absolute atomic E-state index is 12.4. The van der Waals surface area contributed by atoms with Gasteiger partial charge < -0.3 is 10.2 Å². The molecule has 3 rings (SSSR count). The van der Waals surface area contributed by atoms with Crippen LogP contribution in [0, 0.1) is 31.6 Å². The van der Waals surface area contributed by atoms with Crippen LogP contribution in [0.2, 0.25) is 0 Å². The summed E-state index contributed by atoms with van der Waals surface area (Å²) >= 11 is 0. The van der Waals surface area contributed by atoms with Gasteiger partial charge in [0.2, 0.25) is 5.91 Å². The molecule has 2 aliphatic rings. The van der Waals surface area contributed by atoms with Crippen LogP contribution >= 0.6 is 0 Å². The van der Waals surface area contributed by atoms with Gasteiger partial charge in [0, 0.05) is 50.8 Å². The number of nitrogens with zero attached hydrogens (tertiary/aromatic N) is 3. The lowest BCUT2D eigenvalue weighted by atomic mass is 9.80. The number of rotatable bonds is 5. The Labute approximate surface area is 157 Å². The molecule has 1 fully saturated rings. The van der Waals surface area contributed by atoms with Gasteiger partial charge in [-0.1, -0.05) is 18.6 Å². The Morgan fingerprint density at radius 2 is 1.96 bits per heavy atom. The Kier molecular flexibility index (Phi) is 5.56. The molecule has 0 radical (unpaired) electrons. The second-order valence-corrected chi connectivity index (χ2v) is 8.39. The first kappa shape index (κ1) is 19.2. The van der Waals surface area contributed by atoms with Gasteiger partial charge in [-0.25, -0.2) is 0 Å². The van der Waals surface area contributed by atoms with E-state index in [-0.39, 0.29) is 11.9 Å². The first-order valence-corrected chi connectivity index (χ1v) is 9.94. The minimum absolute atomic E-state index is 0.129. The third-order valence-electron chi connectivity index (χ3n) is 6.69. The molecular formula is C21H34N4O. The van der Waals surface area contributed by atoms with Crippen molar-refractivity contribution in [2.24, 2.45) is 24.8 Å². The zero-order chi connectivity index (χ0) is 19.0. The van der Waals surface area contributed by atoms with Crippen LogP contribution in [0.5, 0.6) is 0 Å². The lowest BCUT2D eigenvalue weighted by Gasteiger charge is -2.30. The highest BCUT2D eigenvalue weighted by atomic mass is 16.2. The summed E-state index contributed by atoms with van der Waals surface area (Å²) in [6.45, 7) is 10.7. The SMILES string of the molecule is CC1=CCC[C@@H](C)[C@@H]1CNC[C@@H]1CC(=O)N(C)[C@H]1c1c(C)nn(C)c1C. The molecule has 1 aromatic heterocycles. The first-order valence-electron chi connectivity index (χ1n) is 9.94. The van der Waals surface area contributed by atoms with Gasteiger partial charge in [0.1, 0.15) is 0 Å². The molecule has 0 spiro atoms. The molecule has 1 aliphatic heterocycles. The molecule has 26 heavy (non-hydrogen) atoms. The number of amides is 1. The molecule has 5 heteroatoms. The van der Waals surface area contributed by atoms with Crippen LogP contribution < -0.4 is 5.32 Å². The summed E-state index contributed by atoms with van der Waals surface area (Å²) < 4.78 is 1.93. The standard InChI is InChI=1S/C21H34N4O/c1-13-8-7-9-14(2)18(13)12-22-11-17-10-19(26)24(5)21(17)20-15(3)23-25(6)16(20)4/h8,14,17-18,21-22H,7,9-12H2,1-6H3/t14-,17+,18-,21-/m1/s1. The van der Waals surface area contributed by atoms with Crippen LogP contribution in [0.15, 0.2) is 11.6 Å². The molecule has 1 amide bonds. The van der Waals surface area contributed by atoms with Crippen LogP contribution in [-0.4, -0.2) is 40.7 Å². The van der Waals surface area contributed by atoms with Gasteiger partial charge in [-0.3, -0.25) is 9.48 Å². The summed E-state index contributed by atoms with van der Waals surface area (Å²) in [5, 5.41) is 8.27. The summed E-state index contributed by atoms with van der Waals surface area (Å²) in [6, 6.07) is 0.129. The second-order valence-electron chi connectivity index (χ2n) is 8.39. The largest absolute Gasteiger partial charge is 0.338 e. The highest BCUT2D eigenvalue weighted by molar-refractivity contribution is 5.79.